The van der Waals surface area contributed by atoms with E-state index in [1.165, 1.54) is 35.1 Å². The Bertz CT molecular complexity index is 1830. The summed E-state index contributed by atoms with van der Waals surface area (Å²) in [5, 5.41) is 12.9. The van der Waals surface area contributed by atoms with E-state index in [0.29, 0.717) is 15.3 Å². The normalized spacial score (nSPS) is 17.8. The van der Waals surface area contributed by atoms with Gasteiger partial charge in [0, 0.05) is 20.5 Å². The largest absolute Gasteiger partial charge is 0.455 e. The van der Waals surface area contributed by atoms with E-state index in [2.05, 4.69) is 74.8 Å². The smallest absolute Gasteiger partial charge is 0.356 e. The molecule has 3 heterocycles. The maximum absolute atomic E-state index is 13.8. The molecule has 50 heavy (non-hydrogen) atoms. The number of benzene rings is 3. The topological polar surface area (TPSA) is 122 Å². The molecule has 2 amide bonds. The van der Waals surface area contributed by atoms with Gasteiger partial charge in [0.05, 0.1) is 6.04 Å². The van der Waals surface area contributed by atoms with Gasteiger partial charge in [0.25, 0.3) is 11.8 Å². The molecule has 2 aliphatic rings. The van der Waals surface area contributed by atoms with Crippen LogP contribution in [0.4, 0.5) is 5.13 Å². The van der Waals surface area contributed by atoms with Crippen molar-refractivity contribution in [1.82, 2.24) is 15.2 Å². The number of anilines is 1. The van der Waals surface area contributed by atoms with E-state index >= 15 is 0 Å². The number of β-lactam (4-membered cyclic amide) rings is 1. The molecule has 0 aliphatic carbocycles. The molecule has 10 nitrogen and oxygen atoms in total. The third-order valence-corrected chi connectivity index (χ3v) is 11.4. The lowest BCUT2D eigenvalue weighted by Crippen LogP contribution is -2.73. The molecule has 0 radical (unpaired) electrons. The molecule has 2 aliphatic heterocycles. The number of allylic oxidation sites excluding steroid dienone is 1. The fourth-order valence-corrected chi connectivity index (χ4v) is 8.95. The van der Waals surface area contributed by atoms with Crippen molar-refractivity contribution in [2.75, 3.05) is 22.6 Å². The third-order valence-electron chi connectivity index (χ3n) is 8.21. The van der Waals surface area contributed by atoms with E-state index in [1.54, 1.807) is 26.2 Å². The minimum absolute atomic E-state index is 0.0768. The molecule has 6 rings (SSSR count). The number of hydrogen-bond donors (Lipinski definition) is 2. The van der Waals surface area contributed by atoms with Crippen molar-refractivity contribution in [2.45, 2.75) is 44.0 Å². The summed E-state index contributed by atoms with van der Waals surface area (Å²) < 4.78 is 6.18. The summed E-state index contributed by atoms with van der Waals surface area (Å²) in [6, 6.07) is 29.1. The van der Waals surface area contributed by atoms with Crippen LogP contribution < -0.4 is 10.6 Å². The van der Waals surface area contributed by atoms with E-state index in [1.807, 2.05) is 54.6 Å². The number of hydrogen-bond acceptors (Lipinski definition) is 10. The molecule has 2 atom stereocenters. The Kier molecular flexibility index (Phi) is 10.6. The number of rotatable bonds is 11. The number of thiazole rings is 1. The number of oxime groups is 1. The standard InChI is InChI=1S/C37H36IN5O5S2/c1-36(2,3)48-34(46)31-28(20-38)49-22-27-30(33(45)43(27)31)40-32(44)29(42-47-4)26-21-50-35(39-26)41-37(23-14-8-5-9-15-23,24-16-10-6-11-17-24)25-18-12-7-13-19-25/h5-19,21,27,30H,20,22H2,1-4H3,(H,39,41)(H,40,44)/b42-29-. The minimum Gasteiger partial charge on any atom is -0.455 e. The van der Waals surface area contributed by atoms with Crippen molar-refractivity contribution in [3.05, 3.63) is 129 Å². The number of esters is 1. The van der Waals surface area contributed by atoms with Gasteiger partial charge in [0.2, 0.25) is 0 Å². The summed E-state index contributed by atoms with van der Waals surface area (Å²) in [7, 11) is 1.35. The molecule has 0 spiro atoms. The number of amides is 2. The van der Waals surface area contributed by atoms with Crippen LogP contribution in [-0.2, 0) is 29.5 Å². The van der Waals surface area contributed by atoms with Gasteiger partial charge in [0.1, 0.15) is 35.7 Å². The molecule has 0 bridgehead atoms. The molecule has 2 N–H and O–H groups in total. The van der Waals surface area contributed by atoms with Gasteiger partial charge in [-0.3, -0.25) is 14.5 Å². The number of fused-ring (bicyclic) bond motifs is 1. The molecule has 1 aromatic heterocycles. The summed E-state index contributed by atoms with van der Waals surface area (Å²) >= 11 is 4.99. The van der Waals surface area contributed by atoms with Crippen molar-refractivity contribution in [3.8, 4) is 0 Å². The number of halogens is 1. The van der Waals surface area contributed by atoms with Crippen LogP contribution in [0.3, 0.4) is 0 Å². The monoisotopic (exact) mass is 821 g/mol. The Morgan fingerprint density at radius 3 is 2.02 bits per heavy atom. The summed E-state index contributed by atoms with van der Waals surface area (Å²) in [4.78, 5) is 52.6. The fourth-order valence-electron chi connectivity index (χ4n) is 6.07. The Morgan fingerprint density at radius 2 is 1.52 bits per heavy atom. The third kappa shape index (κ3) is 7.03. The highest BCUT2D eigenvalue weighted by atomic mass is 127. The Balaban J connectivity index is 1.27. The van der Waals surface area contributed by atoms with E-state index in [0.717, 1.165) is 21.6 Å². The number of carbonyl (C=O) groups excluding carboxylic acids is 3. The maximum atomic E-state index is 13.8. The van der Waals surface area contributed by atoms with Crippen molar-refractivity contribution < 1.29 is 24.0 Å². The van der Waals surface area contributed by atoms with Crippen LogP contribution >= 0.6 is 45.7 Å². The van der Waals surface area contributed by atoms with E-state index in [4.69, 9.17) is 14.6 Å². The molecule has 4 aromatic rings. The molecule has 1 fully saturated rings. The van der Waals surface area contributed by atoms with Gasteiger partial charge in [-0.1, -0.05) is 119 Å². The number of aromatic nitrogens is 1. The van der Waals surface area contributed by atoms with Crippen LogP contribution in [0.15, 0.2) is 112 Å². The Morgan fingerprint density at radius 1 is 0.960 bits per heavy atom. The van der Waals surface area contributed by atoms with Crippen LogP contribution in [-0.4, -0.2) is 68.4 Å². The second-order valence-corrected chi connectivity index (χ2v) is 15.3. The lowest BCUT2D eigenvalue weighted by molar-refractivity contribution is -0.160. The predicted molar refractivity (Wildman–Crippen MR) is 205 cm³/mol. The van der Waals surface area contributed by atoms with Crippen molar-refractivity contribution in [2.24, 2.45) is 5.16 Å². The first-order chi connectivity index (χ1) is 24.1. The van der Waals surface area contributed by atoms with Gasteiger partial charge in [-0.05, 0) is 37.5 Å². The van der Waals surface area contributed by atoms with Crippen LogP contribution in [0.25, 0.3) is 0 Å². The quantitative estimate of drug-likeness (QED) is 0.0343. The minimum atomic E-state index is -0.858. The average molecular weight is 822 g/mol. The van der Waals surface area contributed by atoms with Gasteiger partial charge < -0.3 is 20.2 Å². The summed E-state index contributed by atoms with van der Waals surface area (Å²) in [5.41, 5.74) is 1.90. The fraction of sp³-hybridized carbons (Fsp3) is 0.270. The number of carbonyl (C=O) groups is 3. The van der Waals surface area contributed by atoms with E-state index < -0.39 is 35.1 Å². The highest BCUT2D eigenvalue weighted by Crippen LogP contribution is 2.42. The number of ether oxygens (including phenoxy) is 1. The molecule has 0 saturated carbocycles. The molecule has 13 heteroatoms. The molecular formula is C37H36IN5O5S2. The van der Waals surface area contributed by atoms with E-state index in [-0.39, 0.29) is 23.0 Å². The first-order valence-corrected chi connectivity index (χ1v) is 19.3. The highest BCUT2D eigenvalue weighted by Gasteiger charge is 2.54. The lowest BCUT2D eigenvalue weighted by Gasteiger charge is -2.50. The van der Waals surface area contributed by atoms with Gasteiger partial charge in [0.15, 0.2) is 10.8 Å². The second-order valence-electron chi connectivity index (χ2n) is 12.6. The van der Waals surface area contributed by atoms with Crippen LogP contribution in [0.5, 0.6) is 0 Å². The molecule has 1 saturated heterocycles. The Labute approximate surface area is 312 Å². The predicted octanol–water partition coefficient (Wildman–Crippen LogP) is 6.33. The summed E-state index contributed by atoms with van der Waals surface area (Å²) in [6.45, 7) is 5.35. The van der Waals surface area contributed by atoms with Crippen LogP contribution in [0.2, 0.25) is 0 Å². The highest BCUT2D eigenvalue weighted by molar-refractivity contribution is 14.1. The summed E-state index contributed by atoms with van der Waals surface area (Å²) in [5.74, 6) is -1.04. The Hall–Kier alpha value is -4.21. The zero-order valence-electron chi connectivity index (χ0n) is 27.9. The van der Waals surface area contributed by atoms with Gasteiger partial charge in [-0.15, -0.1) is 23.1 Å². The molecule has 3 aromatic carbocycles. The molecule has 2 unspecified atom stereocenters. The van der Waals surface area contributed by atoms with Crippen LogP contribution in [0.1, 0.15) is 43.2 Å². The van der Waals surface area contributed by atoms with Crippen LogP contribution in [0, 0.1) is 0 Å². The number of nitrogens with zero attached hydrogens (tertiary/aromatic N) is 3. The molecular weight excluding hydrogens is 785 g/mol. The maximum Gasteiger partial charge on any atom is 0.356 e. The lowest BCUT2D eigenvalue weighted by atomic mass is 9.77. The SMILES string of the molecule is CO/N=C(\C(=O)NC1C(=O)N2C(C(=O)OC(C)(C)C)=C(CI)SCC12)c1csc(NC(c2ccccc2)(c2ccccc2)c2ccccc2)n1. The van der Waals surface area contributed by atoms with Crippen molar-refractivity contribution in [3.63, 3.8) is 0 Å². The average Bonchev–Trinajstić information content (AvgIpc) is 3.59. The number of thioether (sulfide) groups is 1. The molecule has 258 valence electrons. The zero-order chi connectivity index (χ0) is 35.5. The second kappa shape index (κ2) is 15.0. The van der Waals surface area contributed by atoms with Gasteiger partial charge >= 0.3 is 5.97 Å². The number of alkyl halides is 1. The first-order valence-electron chi connectivity index (χ1n) is 15.9. The van der Waals surface area contributed by atoms with Gasteiger partial charge in [-0.25, -0.2) is 9.78 Å². The van der Waals surface area contributed by atoms with Crippen molar-refractivity contribution >= 4 is 74.3 Å². The summed E-state index contributed by atoms with van der Waals surface area (Å²) in [6.07, 6.45) is 0. The number of nitrogens with one attached hydrogen (secondary N) is 2. The van der Waals surface area contributed by atoms with Gasteiger partial charge in [-0.2, -0.15) is 0 Å². The first kappa shape index (κ1) is 35.6. The van der Waals surface area contributed by atoms with Crippen molar-refractivity contribution in [1.29, 1.82) is 0 Å². The zero-order valence-corrected chi connectivity index (χ0v) is 31.7. The van der Waals surface area contributed by atoms with E-state index in [9.17, 15) is 14.4 Å².